The number of anilines is 2. The number of carbonyl (C=O) groups is 2. The molecule has 3 aromatic rings. The Morgan fingerprint density at radius 2 is 1.61 bits per heavy atom. The lowest BCUT2D eigenvalue weighted by molar-refractivity contribution is 0.0743. The lowest BCUT2D eigenvalue weighted by atomic mass is 9.89. The number of methoxy groups -OCH3 is 1. The van der Waals surface area contributed by atoms with Crippen LogP contribution in [0.3, 0.4) is 0 Å². The minimum atomic E-state index is -0.0861. The van der Waals surface area contributed by atoms with E-state index in [4.69, 9.17) is 9.72 Å². The van der Waals surface area contributed by atoms with Crippen LogP contribution < -0.4 is 15.0 Å². The fourth-order valence-electron chi connectivity index (χ4n) is 5.29. The van der Waals surface area contributed by atoms with Gasteiger partial charge in [0.2, 0.25) is 0 Å². The number of hydrogen-bond donors (Lipinski definition) is 1. The van der Waals surface area contributed by atoms with Crippen LogP contribution in [0.1, 0.15) is 40.5 Å². The van der Waals surface area contributed by atoms with Crippen LogP contribution in [-0.4, -0.2) is 73.1 Å². The topological polar surface area (TPSA) is 78.0 Å². The first-order valence-electron chi connectivity index (χ1n) is 13.3. The van der Waals surface area contributed by atoms with Crippen LogP contribution >= 0.6 is 0 Å². The van der Waals surface area contributed by atoms with Gasteiger partial charge in [-0.3, -0.25) is 9.78 Å². The molecule has 2 aliphatic heterocycles. The van der Waals surface area contributed by atoms with Gasteiger partial charge in [0.1, 0.15) is 5.75 Å². The SMILES string of the molecule is COc1cccc(N2CCN(C(=O)c3ccc(C)nc3C3CCN(C(=O)Nc4ccccc4)CC3)CC2)c1. The summed E-state index contributed by atoms with van der Waals surface area (Å²) in [6.07, 6.45) is 1.56. The number of amides is 3. The van der Waals surface area contributed by atoms with Crippen molar-refractivity contribution in [2.24, 2.45) is 0 Å². The summed E-state index contributed by atoms with van der Waals surface area (Å²) in [6.45, 7) is 6.07. The number of rotatable bonds is 5. The molecular weight excluding hydrogens is 478 g/mol. The number of hydrogen-bond acceptors (Lipinski definition) is 5. The van der Waals surface area contributed by atoms with Crippen LogP contribution in [0.25, 0.3) is 0 Å². The molecule has 2 aliphatic rings. The highest BCUT2D eigenvalue weighted by Gasteiger charge is 2.30. The molecule has 2 fully saturated rings. The molecule has 0 spiro atoms. The van der Waals surface area contributed by atoms with Crippen LogP contribution in [0.15, 0.2) is 66.7 Å². The molecule has 1 N–H and O–H groups in total. The number of aryl methyl sites for hydroxylation is 1. The zero-order valence-electron chi connectivity index (χ0n) is 22.1. The molecule has 0 radical (unpaired) electrons. The smallest absolute Gasteiger partial charge is 0.321 e. The number of piperazine rings is 1. The van der Waals surface area contributed by atoms with E-state index in [-0.39, 0.29) is 17.9 Å². The first-order chi connectivity index (χ1) is 18.5. The van der Waals surface area contributed by atoms with E-state index in [1.165, 1.54) is 0 Å². The lowest BCUT2D eigenvalue weighted by Crippen LogP contribution is -2.49. The summed E-state index contributed by atoms with van der Waals surface area (Å²) in [5, 5.41) is 2.97. The van der Waals surface area contributed by atoms with Gasteiger partial charge in [-0.05, 0) is 56.2 Å². The Morgan fingerprint density at radius 3 is 2.32 bits per heavy atom. The van der Waals surface area contributed by atoms with E-state index in [9.17, 15) is 9.59 Å². The Morgan fingerprint density at radius 1 is 0.868 bits per heavy atom. The highest BCUT2D eigenvalue weighted by atomic mass is 16.5. The number of para-hydroxylation sites is 1. The van der Waals surface area contributed by atoms with E-state index in [0.29, 0.717) is 31.7 Å². The average Bonchev–Trinajstić information content (AvgIpc) is 2.97. The van der Waals surface area contributed by atoms with E-state index in [0.717, 1.165) is 54.4 Å². The molecule has 0 aliphatic carbocycles. The minimum absolute atomic E-state index is 0.0436. The number of pyridine rings is 1. The average molecular weight is 514 g/mol. The number of urea groups is 1. The molecule has 1 aromatic heterocycles. The Balaban J connectivity index is 1.22. The number of benzene rings is 2. The molecule has 38 heavy (non-hydrogen) atoms. The molecule has 2 aromatic carbocycles. The zero-order chi connectivity index (χ0) is 26.5. The first kappa shape index (κ1) is 25.6. The number of nitrogens with zero attached hydrogens (tertiary/aromatic N) is 4. The second-order valence-corrected chi connectivity index (χ2v) is 9.92. The van der Waals surface area contributed by atoms with Gasteiger partial charge >= 0.3 is 6.03 Å². The highest BCUT2D eigenvalue weighted by molar-refractivity contribution is 5.95. The van der Waals surface area contributed by atoms with Gasteiger partial charge in [0, 0.05) is 68.3 Å². The summed E-state index contributed by atoms with van der Waals surface area (Å²) >= 11 is 0. The Bertz CT molecular complexity index is 1270. The molecule has 3 amide bonds. The maximum atomic E-state index is 13.7. The molecule has 0 saturated carbocycles. The first-order valence-corrected chi connectivity index (χ1v) is 13.3. The number of piperidine rings is 1. The van der Waals surface area contributed by atoms with Crippen LogP contribution in [-0.2, 0) is 0 Å². The summed E-state index contributed by atoms with van der Waals surface area (Å²) in [5.74, 6) is 1.02. The normalized spacial score (nSPS) is 16.3. The Kier molecular flexibility index (Phi) is 7.77. The monoisotopic (exact) mass is 513 g/mol. The highest BCUT2D eigenvalue weighted by Crippen LogP contribution is 2.31. The molecular formula is C30H35N5O3. The third kappa shape index (κ3) is 5.74. The molecule has 198 valence electrons. The molecule has 8 nitrogen and oxygen atoms in total. The molecule has 0 unspecified atom stereocenters. The predicted octanol–water partition coefficient (Wildman–Crippen LogP) is 4.77. The maximum Gasteiger partial charge on any atom is 0.321 e. The number of carbonyl (C=O) groups excluding carboxylic acids is 2. The fourth-order valence-corrected chi connectivity index (χ4v) is 5.29. The van der Waals surface area contributed by atoms with E-state index in [1.807, 2.05) is 77.4 Å². The molecule has 8 heteroatoms. The van der Waals surface area contributed by atoms with Crippen LogP contribution in [0.2, 0.25) is 0 Å². The summed E-state index contributed by atoms with van der Waals surface area (Å²) < 4.78 is 5.37. The maximum absolute atomic E-state index is 13.7. The van der Waals surface area contributed by atoms with Crippen LogP contribution in [0.5, 0.6) is 5.75 Å². The number of likely N-dealkylation sites (tertiary alicyclic amines) is 1. The van der Waals surface area contributed by atoms with Crippen molar-refractivity contribution in [3.63, 3.8) is 0 Å². The van der Waals surface area contributed by atoms with Gasteiger partial charge in [0.05, 0.1) is 18.4 Å². The quantitative estimate of drug-likeness (QED) is 0.532. The van der Waals surface area contributed by atoms with Crippen molar-refractivity contribution >= 4 is 23.3 Å². The lowest BCUT2D eigenvalue weighted by Gasteiger charge is -2.37. The fraction of sp³-hybridized carbons (Fsp3) is 0.367. The van der Waals surface area contributed by atoms with Gasteiger partial charge in [-0.25, -0.2) is 4.79 Å². The molecule has 5 rings (SSSR count). The second-order valence-electron chi connectivity index (χ2n) is 9.92. The van der Waals surface area contributed by atoms with Crippen molar-refractivity contribution in [2.45, 2.75) is 25.7 Å². The van der Waals surface area contributed by atoms with Crippen molar-refractivity contribution in [3.05, 3.63) is 83.7 Å². The third-order valence-corrected chi connectivity index (χ3v) is 7.47. The van der Waals surface area contributed by atoms with Gasteiger partial charge in [0.25, 0.3) is 5.91 Å². The minimum Gasteiger partial charge on any atom is -0.497 e. The summed E-state index contributed by atoms with van der Waals surface area (Å²) in [4.78, 5) is 37.3. The van der Waals surface area contributed by atoms with Gasteiger partial charge in [-0.1, -0.05) is 24.3 Å². The molecule has 3 heterocycles. The number of aromatic nitrogens is 1. The largest absolute Gasteiger partial charge is 0.497 e. The number of nitrogens with one attached hydrogen (secondary N) is 1. The van der Waals surface area contributed by atoms with Crippen molar-refractivity contribution in [1.82, 2.24) is 14.8 Å². The number of ether oxygens (including phenoxy) is 1. The van der Waals surface area contributed by atoms with Gasteiger partial charge in [-0.2, -0.15) is 0 Å². The summed E-state index contributed by atoms with van der Waals surface area (Å²) in [6, 6.07) is 21.3. The molecule has 0 bridgehead atoms. The van der Waals surface area contributed by atoms with E-state index < -0.39 is 0 Å². The van der Waals surface area contributed by atoms with E-state index >= 15 is 0 Å². The summed E-state index contributed by atoms with van der Waals surface area (Å²) in [7, 11) is 1.67. The van der Waals surface area contributed by atoms with Gasteiger partial charge in [-0.15, -0.1) is 0 Å². The Labute approximate surface area is 224 Å². The van der Waals surface area contributed by atoms with Crippen LogP contribution in [0, 0.1) is 6.92 Å². The third-order valence-electron chi connectivity index (χ3n) is 7.47. The van der Waals surface area contributed by atoms with E-state index in [2.05, 4.69) is 16.3 Å². The Hall–Kier alpha value is -4.07. The van der Waals surface area contributed by atoms with Crippen molar-refractivity contribution in [2.75, 3.05) is 56.6 Å². The van der Waals surface area contributed by atoms with E-state index in [1.54, 1.807) is 7.11 Å². The second kappa shape index (κ2) is 11.5. The molecule has 2 saturated heterocycles. The van der Waals surface area contributed by atoms with Crippen molar-refractivity contribution < 1.29 is 14.3 Å². The molecule has 0 atom stereocenters. The van der Waals surface area contributed by atoms with Crippen molar-refractivity contribution in [3.8, 4) is 5.75 Å². The van der Waals surface area contributed by atoms with Crippen LogP contribution in [0.4, 0.5) is 16.2 Å². The van der Waals surface area contributed by atoms with Gasteiger partial charge < -0.3 is 24.8 Å². The van der Waals surface area contributed by atoms with Crippen molar-refractivity contribution in [1.29, 1.82) is 0 Å². The predicted molar refractivity (Wildman–Crippen MR) is 149 cm³/mol. The standard InChI is InChI=1S/C30H35N5O3/c1-22-11-12-27(29(36)34-19-17-33(18-20-34)25-9-6-10-26(21-25)38-2)28(31-22)23-13-15-35(16-14-23)30(37)32-24-7-4-3-5-8-24/h3-12,21,23H,13-20H2,1-2H3,(H,32,37). The summed E-state index contributed by atoms with van der Waals surface area (Å²) in [5.41, 5.74) is 4.37. The van der Waals surface area contributed by atoms with Gasteiger partial charge in [0.15, 0.2) is 0 Å². The zero-order valence-corrected chi connectivity index (χ0v) is 22.1.